The van der Waals surface area contributed by atoms with Gasteiger partial charge in [-0.2, -0.15) is 0 Å². The van der Waals surface area contributed by atoms with Crippen LogP contribution in [0, 0.1) is 12.7 Å². The van der Waals surface area contributed by atoms with E-state index in [1.807, 2.05) is 0 Å². The van der Waals surface area contributed by atoms with Crippen LogP contribution >= 0.6 is 0 Å². The molecule has 1 amide bonds. The lowest BCUT2D eigenvalue weighted by molar-refractivity contribution is 0.0672. The van der Waals surface area contributed by atoms with Crippen LogP contribution in [0.15, 0.2) is 41.1 Å². The molecule has 0 unspecified atom stereocenters. The molecular formula is C19H18FN3O3. The molecule has 1 N–H and O–H groups in total. The van der Waals surface area contributed by atoms with Crippen LogP contribution in [-0.2, 0) is 4.74 Å². The molecule has 3 heterocycles. The first-order chi connectivity index (χ1) is 12.6. The summed E-state index contributed by atoms with van der Waals surface area (Å²) in [6, 6.07) is 7.47. The fourth-order valence-electron chi connectivity index (χ4n) is 3.22. The molecule has 0 saturated carbocycles. The van der Waals surface area contributed by atoms with E-state index < -0.39 is 0 Å². The molecule has 1 aliphatic rings. The van der Waals surface area contributed by atoms with Crippen molar-refractivity contribution in [3.63, 3.8) is 0 Å². The molecule has 0 radical (unpaired) electrons. The summed E-state index contributed by atoms with van der Waals surface area (Å²) in [4.78, 5) is 16.9. The Bertz CT molecular complexity index is 933. The Hall–Kier alpha value is -2.80. The van der Waals surface area contributed by atoms with Crippen molar-refractivity contribution < 1.29 is 18.4 Å². The van der Waals surface area contributed by atoms with Gasteiger partial charge in [-0.3, -0.25) is 4.79 Å². The summed E-state index contributed by atoms with van der Waals surface area (Å²) in [5.41, 5.74) is 2.29. The first-order valence-corrected chi connectivity index (χ1v) is 8.52. The molecule has 7 heteroatoms. The van der Waals surface area contributed by atoms with Gasteiger partial charge in [-0.1, -0.05) is 17.3 Å². The van der Waals surface area contributed by atoms with Gasteiger partial charge < -0.3 is 14.6 Å². The highest BCUT2D eigenvalue weighted by molar-refractivity contribution is 5.97. The third-order valence-electron chi connectivity index (χ3n) is 4.62. The van der Waals surface area contributed by atoms with E-state index in [1.165, 1.54) is 18.3 Å². The van der Waals surface area contributed by atoms with Crippen molar-refractivity contribution in [1.82, 2.24) is 15.5 Å². The fraction of sp³-hybridized carbons (Fsp3) is 0.316. The van der Waals surface area contributed by atoms with Crippen molar-refractivity contribution in [2.24, 2.45) is 0 Å². The lowest BCUT2D eigenvalue weighted by Gasteiger charge is -2.24. The van der Waals surface area contributed by atoms with E-state index >= 15 is 0 Å². The first-order valence-electron chi connectivity index (χ1n) is 8.52. The van der Waals surface area contributed by atoms with Crippen LogP contribution in [0.2, 0.25) is 0 Å². The molecular weight excluding hydrogens is 337 g/mol. The number of hydrogen-bond donors (Lipinski definition) is 1. The average molecular weight is 355 g/mol. The number of aromatic nitrogens is 2. The van der Waals surface area contributed by atoms with Crippen molar-refractivity contribution in [3.05, 3.63) is 59.2 Å². The summed E-state index contributed by atoms with van der Waals surface area (Å²) >= 11 is 0. The van der Waals surface area contributed by atoms with Crippen LogP contribution in [0.1, 0.15) is 40.5 Å². The van der Waals surface area contributed by atoms with Gasteiger partial charge in [-0.05, 0) is 43.5 Å². The summed E-state index contributed by atoms with van der Waals surface area (Å²) in [5.74, 6) is -0.589. The van der Waals surface area contributed by atoms with Crippen LogP contribution in [0.25, 0.3) is 11.1 Å². The summed E-state index contributed by atoms with van der Waals surface area (Å²) in [6.07, 6.45) is 3.09. The molecule has 0 spiro atoms. The Labute approximate surface area is 149 Å². The van der Waals surface area contributed by atoms with E-state index in [-0.39, 0.29) is 23.9 Å². The van der Waals surface area contributed by atoms with Crippen molar-refractivity contribution in [3.8, 4) is 0 Å². The van der Waals surface area contributed by atoms with Gasteiger partial charge in [0.2, 0.25) is 0 Å². The molecule has 1 aromatic carbocycles. The Kier molecular flexibility index (Phi) is 4.38. The van der Waals surface area contributed by atoms with E-state index in [0.29, 0.717) is 29.0 Å². The number of rotatable bonds is 4. The van der Waals surface area contributed by atoms with Gasteiger partial charge in [0.25, 0.3) is 11.6 Å². The zero-order valence-corrected chi connectivity index (χ0v) is 14.2. The highest BCUT2D eigenvalue weighted by Crippen LogP contribution is 2.28. The third kappa shape index (κ3) is 3.17. The number of halogens is 1. The van der Waals surface area contributed by atoms with Gasteiger partial charge in [-0.25, -0.2) is 9.37 Å². The monoisotopic (exact) mass is 355 g/mol. The molecule has 134 valence electrons. The molecule has 1 saturated heterocycles. The SMILES string of the molecule is Cc1noc2ncc(C(=O)N[C@H](c3ccc(F)cc3)[C@H]3CCCO3)cc12. The quantitative estimate of drug-likeness (QED) is 0.777. The molecule has 3 aromatic rings. The Morgan fingerprint density at radius 1 is 1.35 bits per heavy atom. The second-order valence-electron chi connectivity index (χ2n) is 6.40. The Morgan fingerprint density at radius 2 is 2.15 bits per heavy atom. The highest BCUT2D eigenvalue weighted by Gasteiger charge is 2.29. The minimum absolute atomic E-state index is 0.140. The van der Waals surface area contributed by atoms with Crippen molar-refractivity contribution >= 4 is 17.0 Å². The van der Waals surface area contributed by atoms with Gasteiger partial charge in [0, 0.05) is 12.8 Å². The maximum absolute atomic E-state index is 13.3. The van der Waals surface area contributed by atoms with Crippen molar-refractivity contribution in [2.75, 3.05) is 6.61 Å². The fourth-order valence-corrected chi connectivity index (χ4v) is 3.22. The normalized spacial score (nSPS) is 18.2. The molecule has 6 nitrogen and oxygen atoms in total. The van der Waals surface area contributed by atoms with Gasteiger partial charge in [-0.15, -0.1) is 0 Å². The highest BCUT2D eigenvalue weighted by atomic mass is 19.1. The van der Waals surface area contributed by atoms with Gasteiger partial charge >= 0.3 is 0 Å². The standard InChI is InChI=1S/C19H18FN3O3/c1-11-15-9-13(10-21-19(15)26-23-11)18(24)22-17(16-3-2-8-25-16)12-4-6-14(20)7-5-12/h4-7,9-10,16-17H,2-3,8H2,1H3,(H,22,24)/t16-,17-/m1/s1. The topological polar surface area (TPSA) is 77.2 Å². The number of aryl methyl sites for hydroxylation is 1. The zero-order valence-electron chi connectivity index (χ0n) is 14.2. The number of ether oxygens (including phenoxy) is 1. The van der Waals surface area contributed by atoms with Gasteiger partial charge in [0.1, 0.15) is 5.82 Å². The van der Waals surface area contributed by atoms with Gasteiger partial charge in [0.15, 0.2) is 0 Å². The van der Waals surface area contributed by atoms with Crippen LogP contribution < -0.4 is 5.32 Å². The number of hydrogen-bond acceptors (Lipinski definition) is 5. The number of benzene rings is 1. The number of amides is 1. The minimum Gasteiger partial charge on any atom is -0.376 e. The lowest BCUT2D eigenvalue weighted by atomic mass is 9.98. The number of nitrogens with one attached hydrogen (secondary N) is 1. The average Bonchev–Trinajstić information content (AvgIpc) is 3.30. The number of carbonyl (C=O) groups is 1. The van der Waals surface area contributed by atoms with E-state index in [4.69, 9.17) is 9.26 Å². The predicted octanol–water partition coefficient (Wildman–Crippen LogP) is 3.32. The molecule has 0 bridgehead atoms. The van der Waals surface area contributed by atoms with E-state index in [1.54, 1.807) is 25.1 Å². The van der Waals surface area contributed by atoms with E-state index in [9.17, 15) is 9.18 Å². The minimum atomic E-state index is -0.357. The number of nitrogens with zero attached hydrogens (tertiary/aromatic N) is 2. The second kappa shape index (κ2) is 6.84. The second-order valence-corrected chi connectivity index (χ2v) is 6.40. The van der Waals surface area contributed by atoms with E-state index in [0.717, 1.165) is 18.4 Å². The third-order valence-corrected chi connectivity index (χ3v) is 4.62. The van der Waals surface area contributed by atoms with Crippen LogP contribution in [0.4, 0.5) is 4.39 Å². The summed E-state index contributed by atoms with van der Waals surface area (Å²) in [6.45, 7) is 2.45. The summed E-state index contributed by atoms with van der Waals surface area (Å²) in [5, 5.41) is 7.56. The molecule has 26 heavy (non-hydrogen) atoms. The summed E-state index contributed by atoms with van der Waals surface area (Å²) < 4.78 is 24.1. The largest absolute Gasteiger partial charge is 0.376 e. The summed E-state index contributed by atoms with van der Waals surface area (Å²) in [7, 11) is 0. The van der Waals surface area contributed by atoms with Gasteiger partial charge in [0.05, 0.1) is 28.8 Å². The Balaban J connectivity index is 1.62. The molecule has 1 aliphatic heterocycles. The molecule has 2 aromatic heterocycles. The number of pyridine rings is 1. The molecule has 1 fully saturated rings. The first kappa shape index (κ1) is 16.7. The smallest absolute Gasteiger partial charge is 0.257 e. The van der Waals surface area contributed by atoms with Crippen LogP contribution in [0.5, 0.6) is 0 Å². The maximum Gasteiger partial charge on any atom is 0.257 e. The van der Waals surface area contributed by atoms with Crippen LogP contribution in [-0.4, -0.2) is 28.8 Å². The Morgan fingerprint density at radius 3 is 2.88 bits per heavy atom. The van der Waals surface area contributed by atoms with Crippen molar-refractivity contribution in [1.29, 1.82) is 0 Å². The zero-order chi connectivity index (χ0) is 18.1. The number of carbonyl (C=O) groups excluding carboxylic acids is 1. The van der Waals surface area contributed by atoms with Crippen molar-refractivity contribution in [2.45, 2.75) is 31.9 Å². The van der Waals surface area contributed by atoms with Crippen LogP contribution in [0.3, 0.4) is 0 Å². The van der Waals surface area contributed by atoms with E-state index in [2.05, 4.69) is 15.5 Å². The lowest BCUT2D eigenvalue weighted by Crippen LogP contribution is -2.36. The number of fused-ring (bicyclic) bond motifs is 1. The predicted molar refractivity (Wildman–Crippen MR) is 92.1 cm³/mol. The molecule has 0 aliphatic carbocycles. The maximum atomic E-state index is 13.3. The molecule has 2 atom stereocenters. The molecule has 4 rings (SSSR count).